The van der Waals surface area contributed by atoms with Crippen LogP contribution < -0.4 is 5.32 Å². The highest BCUT2D eigenvalue weighted by atomic mass is 16.8. The molecule has 0 aromatic carbocycles. The summed E-state index contributed by atoms with van der Waals surface area (Å²) in [6, 6.07) is -0.734. The number of esters is 1. The van der Waals surface area contributed by atoms with E-state index in [-0.39, 0.29) is 6.42 Å². The molecule has 0 saturated carbocycles. The first-order valence-electron chi connectivity index (χ1n) is 8.56. The van der Waals surface area contributed by atoms with E-state index in [1.54, 1.807) is 34.6 Å². The van der Waals surface area contributed by atoms with E-state index in [0.29, 0.717) is 0 Å². The van der Waals surface area contributed by atoms with Crippen molar-refractivity contribution in [1.29, 1.82) is 0 Å². The summed E-state index contributed by atoms with van der Waals surface area (Å²) in [4.78, 5) is 24.1. The Morgan fingerprint density at radius 1 is 1.15 bits per heavy atom. The second-order valence-electron chi connectivity index (χ2n) is 7.80. The van der Waals surface area contributed by atoms with Gasteiger partial charge in [-0.2, -0.15) is 0 Å². The van der Waals surface area contributed by atoms with Gasteiger partial charge in [0.1, 0.15) is 23.9 Å². The molecule has 0 radical (unpaired) electrons. The van der Waals surface area contributed by atoms with Gasteiger partial charge in [-0.25, -0.2) is 4.79 Å². The van der Waals surface area contributed by atoms with Crippen LogP contribution >= 0.6 is 0 Å². The Morgan fingerprint density at radius 2 is 1.77 bits per heavy atom. The van der Waals surface area contributed by atoms with E-state index in [0.717, 1.165) is 0 Å². The minimum Gasteiger partial charge on any atom is -0.469 e. The average molecular weight is 375 g/mol. The molecule has 0 aromatic rings. The van der Waals surface area contributed by atoms with Crippen LogP contribution in [0, 0.1) is 0 Å². The summed E-state index contributed by atoms with van der Waals surface area (Å²) in [6.07, 6.45) is -3.10. The number of hydrogen-bond acceptors (Lipinski definition) is 8. The van der Waals surface area contributed by atoms with Crippen molar-refractivity contribution in [3.63, 3.8) is 0 Å². The Morgan fingerprint density at radius 3 is 2.31 bits per heavy atom. The Bertz CT molecular complexity index is 529. The smallest absolute Gasteiger partial charge is 0.407 e. The summed E-state index contributed by atoms with van der Waals surface area (Å²) in [6.45, 7) is 8.82. The zero-order valence-electron chi connectivity index (χ0n) is 16.4. The molecule has 0 aromatic heterocycles. The summed E-state index contributed by atoms with van der Waals surface area (Å²) in [5, 5.41) is 2.69. The molecule has 9 heteroatoms. The summed E-state index contributed by atoms with van der Waals surface area (Å²) in [5.41, 5.74) is -0.678. The molecular weight excluding hydrogens is 346 g/mol. The number of methoxy groups -OCH3 is 2. The molecule has 2 aliphatic rings. The van der Waals surface area contributed by atoms with Gasteiger partial charge in [-0.15, -0.1) is 0 Å². The van der Waals surface area contributed by atoms with Gasteiger partial charge < -0.3 is 33.7 Å². The third kappa shape index (κ3) is 5.06. The van der Waals surface area contributed by atoms with Crippen LogP contribution in [0.4, 0.5) is 4.79 Å². The molecule has 2 fully saturated rings. The summed E-state index contributed by atoms with van der Waals surface area (Å²) < 4.78 is 33.0. The van der Waals surface area contributed by atoms with Crippen LogP contribution in [0.1, 0.15) is 41.0 Å². The zero-order chi connectivity index (χ0) is 19.7. The maximum atomic E-state index is 12.2. The van der Waals surface area contributed by atoms with E-state index >= 15 is 0 Å². The molecule has 0 aliphatic carbocycles. The minimum atomic E-state index is -0.824. The highest BCUT2D eigenvalue weighted by Gasteiger charge is 2.58. The van der Waals surface area contributed by atoms with Crippen molar-refractivity contribution in [1.82, 2.24) is 5.32 Å². The van der Waals surface area contributed by atoms with Crippen molar-refractivity contribution >= 4 is 12.1 Å². The third-order valence-corrected chi connectivity index (χ3v) is 3.99. The number of fused-ring (bicyclic) bond motifs is 1. The Labute approximate surface area is 153 Å². The predicted molar refractivity (Wildman–Crippen MR) is 89.3 cm³/mol. The van der Waals surface area contributed by atoms with Crippen LogP contribution in [0.5, 0.6) is 0 Å². The van der Waals surface area contributed by atoms with Gasteiger partial charge in [0.25, 0.3) is 0 Å². The van der Waals surface area contributed by atoms with Crippen molar-refractivity contribution in [2.24, 2.45) is 0 Å². The first-order valence-corrected chi connectivity index (χ1v) is 8.56. The third-order valence-electron chi connectivity index (χ3n) is 3.99. The number of nitrogens with one attached hydrogen (secondary N) is 1. The van der Waals surface area contributed by atoms with E-state index in [4.69, 9.17) is 28.4 Å². The number of carbonyl (C=O) groups excluding carboxylic acids is 2. The fourth-order valence-corrected chi connectivity index (χ4v) is 3.08. The molecule has 0 spiro atoms. The molecule has 9 nitrogen and oxygen atoms in total. The Balaban J connectivity index is 2.18. The largest absolute Gasteiger partial charge is 0.469 e. The number of carbonyl (C=O) groups is 2. The molecule has 0 unspecified atom stereocenters. The lowest BCUT2D eigenvalue weighted by Crippen LogP contribution is -2.51. The summed E-state index contributed by atoms with van der Waals surface area (Å²) >= 11 is 0. The predicted octanol–water partition coefficient (Wildman–Crippen LogP) is 1.33. The van der Waals surface area contributed by atoms with Crippen molar-refractivity contribution < 1.29 is 38.0 Å². The number of hydrogen-bond donors (Lipinski definition) is 1. The highest BCUT2D eigenvalue weighted by molar-refractivity contribution is 5.73. The number of ether oxygens (including phenoxy) is 6. The lowest BCUT2D eigenvalue weighted by atomic mass is 10.0. The van der Waals surface area contributed by atoms with E-state index in [9.17, 15) is 9.59 Å². The molecule has 2 rings (SSSR count). The van der Waals surface area contributed by atoms with Gasteiger partial charge in [-0.3, -0.25) is 4.79 Å². The van der Waals surface area contributed by atoms with Gasteiger partial charge in [0.2, 0.25) is 0 Å². The van der Waals surface area contributed by atoms with Gasteiger partial charge in [0.15, 0.2) is 12.1 Å². The van der Waals surface area contributed by atoms with Gasteiger partial charge in [-0.1, -0.05) is 0 Å². The zero-order valence-corrected chi connectivity index (χ0v) is 16.4. The van der Waals surface area contributed by atoms with Gasteiger partial charge >= 0.3 is 12.1 Å². The molecule has 1 N–H and O–H groups in total. The lowest BCUT2D eigenvalue weighted by Gasteiger charge is -2.29. The summed E-state index contributed by atoms with van der Waals surface area (Å²) in [5.74, 6) is -1.32. The first-order chi connectivity index (χ1) is 12.0. The molecule has 26 heavy (non-hydrogen) atoms. The van der Waals surface area contributed by atoms with Crippen LogP contribution in [-0.4, -0.2) is 68.3 Å². The molecule has 1 amide bonds. The highest BCUT2D eigenvalue weighted by Crippen LogP contribution is 2.40. The second kappa shape index (κ2) is 7.67. The van der Waals surface area contributed by atoms with Crippen LogP contribution in [0.2, 0.25) is 0 Å². The van der Waals surface area contributed by atoms with Crippen LogP contribution in [-0.2, 0) is 33.2 Å². The maximum Gasteiger partial charge on any atom is 0.407 e. The maximum absolute atomic E-state index is 12.2. The van der Waals surface area contributed by atoms with Gasteiger partial charge in [0, 0.05) is 7.11 Å². The molecule has 5 atom stereocenters. The van der Waals surface area contributed by atoms with Crippen LogP contribution in [0.3, 0.4) is 0 Å². The monoisotopic (exact) mass is 375 g/mol. The average Bonchev–Trinajstić information content (AvgIpc) is 2.97. The summed E-state index contributed by atoms with van der Waals surface area (Å²) in [7, 11) is 2.77. The number of rotatable bonds is 5. The standard InChI is InChI=1S/C17H29NO8/c1-16(2,3)26-15(20)18-9(8-10(19)21-6)11-12-13(14(22-7)23-11)25-17(4,5)24-12/h9,11-14H,8H2,1-7H3,(H,18,20)/t9-,11-,12+,13+,14+/m1/s1. The SMILES string of the molecule is COC(=O)C[C@@H](NC(=O)OC(C)(C)C)[C@H]1O[C@H](OC)[C@H]2OC(C)(C)O[C@H]21. The lowest BCUT2D eigenvalue weighted by molar-refractivity contribution is -0.230. The second-order valence-corrected chi connectivity index (χ2v) is 7.80. The first kappa shape index (κ1) is 20.9. The van der Waals surface area contributed by atoms with Crippen molar-refractivity contribution in [3.8, 4) is 0 Å². The number of amides is 1. The molecule has 150 valence electrons. The molecule has 2 aliphatic heterocycles. The van der Waals surface area contributed by atoms with Crippen molar-refractivity contribution in [3.05, 3.63) is 0 Å². The number of alkyl carbamates (subject to hydrolysis) is 1. The molecule has 2 heterocycles. The van der Waals surface area contributed by atoms with Crippen LogP contribution in [0.15, 0.2) is 0 Å². The van der Waals surface area contributed by atoms with Crippen LogP contribution in [0.25, 0.3) is 0 Å². The van der Waals surface area contributed by atoms with E-state index < -0.39 is 54.1 Å². The fraction of sp³-hybridized carbons (Fsp3) is 0.882. The van der Waals surface area contributed by atoms with Crippen molar-refractivity contribution in [2.45, 2.75) is 83.1 Å². The van der Waals surface area contributed by atoms with E-state index in [2.05, 4.69) is 5.32 Å². The Hall–Kier alpha value is -1.42. The van der Waals surface area contributed by atoms with Gasteiger partial charge in [-0.05, 0) is 34.6 Å². The fourth-order valence-electron chi connectivity index (χ4n) is 3.08. The minimum absolute atomic E-state index is 0.107. The van der Waals surface area contributed by atoms with E-state index in [1.165, 1.54) is 14.2 Å². The normalized spacial score (nSPS) is 31.2. The molecule has 2 saturated heterocycles. The molecule has 0 bridgehead atoms. The quantitative estimate of drug-likeness (QED) is 0.718. The Kier molecular flexibility index (Phi) is 6.17. The van der Waals surface area contributed by atoms with Crippen molar-refractivity contribution in [2.75, 3.05) is 14.2 Å². The van der Waals surface area contributed by atoms with Gasteiger partial charge in [0.05, 0.1) is 19.6 Å². The topological polar surface area (TPSA) is 102 Å². The molecular formula is C17H29NO8. The van der Waals surface area contributed by atoms with E-state index in [1.807, 2.05) is 0 Å².